The molecule has 138 valence electrons. The van der Waals surface area contributed by atoms with Crippen molar-refractivity contribution >= 4 is 23.6 Å². The van der Waals surface area contributed by atoms with Gasteiger partial charge in [0.2, 0.25) is 5.91 Å². The average molecular weight is 373 g/mol. The van der Waals surface area contributed by atoms with E-state index in [9.17, 15) is 9.59 Å². The molecule has 0 radical (unpaired) electrons. The molecule has 2 aromatic rings. The number of thioether (sulfide) groups is 1. The predicted molar refractivity (Wildman–Crippen MR) is 100 cm³/mol. The summed E-state index contributed by atoms with van der Waals surface area (Å²) in [5, 5.41) is 0.763. The maximum atomic E-state index is 12.7. The molecule has 1 fully saturated rings. The zero-order valence-corrected chi connectivity index (χ0v) is 15.9. The molecule has 1 aromatic carbocycles. The molecule has 0 spiro atoms. The normalized spacial score (nSPS) is 17.2. The van der Waals surface area contributed by atoms with Crippen LogP contribution in [0.25, 0.3) is 5.69 Å². The molecular formula is C19H23N3O3S. The summed E-state index contributed by atoms with van der Waals surface area (Å²) in [5.74, 6) is -0.134. The first kappa shape index (κ1) is 18.5. The van der Waals surface area contributed by atoms with E-state index in [1.807, 2.05) is 42.0 Å². The number of ether oxygens (including phenoxy) is 1. The number of aromatic nitrogens is 2. The quantitative estimate of drug-likeness (QED) is 0.596. The van der Waals surface area contributed by atoms with Crippen molar-refractivity contribution in [2.75, 3.05) is 19.4 Å². The summed E-state index contributed by atoms with van der Waals surface area (Å²) in [6.45, 7) is 2.65. The molecule has 0 bridgehead atoms. The molecule has 1 aromatic heterocycles. The molecule has 26 heavy (non-hydrogen) atoms. The second kappa shape index (κ2) is 8.40. The number of rotatable bonds is 5. The third kappa shape index (κ3) is 3.93. The summed E-state index contributed by atoms with van der Waals surface area (Å²) in [7, 11) is 1.37. The number of benzene rings is 1. The van der Waals surface area contributed by atoms with E-state index in [0.717, 1.165) is 29.2 Å². The van der Waals surface area contributed by atoms with Gasteiger partial charge >= 0.3 is 5.97 Å². The van der Waals surface area contributed by atoms with Crippen LogP contribution < -0.4 is 0 Å². The number of imidazole rings is 1. The molecule has 1 aliphatic rings. The summed E-state index contributed by atoms with van der Waals surface area (Å²) in [4.78, 5) is 30.7. The number of hydrogen-bond acceptors (Lipinski definition) is 5. The lowest BCUT2D eigenvalue weighted by Gasteiger charge is -2.33. The summed E-state index contributed by atoms with van der Waals surface area (Å²) in [6, 6.07) is 7.59. The third-order valence-electron chi connectivity index (χ3n) is 4.60. The number of carbonyl (C=O) groups is 2. The van der Waals surface area contributed by atoms with Crippen LogP contribution in [0.3, 0.4) is 0 Å². The van der Waals surface area contributed by atoms with Crippen molar-refractivity contribution in [3.8, 4) is 5.69 Å². The van der Waals surface area contributed by atoms with Crippen LogP contribution in [0.15, 0.2) is 41.8 Å². The maximum absolute atomic E-state index is 12.7. The highest BCUT2D eigenvalue weighted by molar-refractivity contribution is 7.99. The fourth-order valence-electron chi connectivity index (χ4n) is 3.23. The fourth-order valence-corrected chi connectivity index (χ4v) is 4.09. The van der Waals surface area contributed by atoms with Gasteiger partial charge in [0.1, 0.15) is 6.04 Å². The lowest BCUT2D eigenvalue weighted by molar-refractivity contribution is -0.153. The number of amides is 1. The highest BCUT2D eigenvalue weighted by Crippen LogP contribution is 2.24. The van der Waals surface area contributed by atoms with E-state index >= 15 is 0 Å². The van der Waals surface area contributed by atoms with Crippen LogP contribution in [0.4, 0.5) is 0 Å². The van der Waals surface area contributed by atoms with E-state index in [1.165, 1.54) is 18.9 Å². The van der Waals surface area contributed by atoms with E-state index in [4.69, 9.17) is 4.74 Å². The fraction of sp³-hybridized carbons (Fsp3) is 0.421. The Bertz CT molecular complexity index is 790. The monoisotopic (exact) mass is 373 g/mol. The predicted octanol–water partition coefficient (Wildman–Crippen LogP) is 2.83. The van der Waals surface area contributed by atoms with Crippen molar-refractivity contribution in [3.63, 3.8) is 0 Å². The minimum absolute atomic E-state index is 0.0515. The van der Waals surface area contributed by atoms with Gasteiger partial charge in [0.05, 0.1) is 18.6 Å². The number of piperidine rings is 1. The Labute approximate surface area is 157 Å². The van der Waals surface area contributed by atoms with Gasteiger partial charge in [-0.25, -0.2) is 9.78 Å². The molecule has 7 heteroatoms. The minimum atomic E-state index is -0.460. The molecule has 2 heterocycles. The van der Waals surface area contributed by atoms with E-state index in [2.05, 4.69) is 4.98 Å². The number of carbonyl (C=O) groups excluding carboxylic acids is 2. The Hall–Kier alpha value is -2.28. The third-order valence-corrected chi connectivity index (χ3v) is 5.55. The van der Waals surface area contributed by atoms with Gasteiger partial charge in [-0.05, 0) is 37.8 Å². The Morgan fingerprint density at radius 2 is 2.12 bits per heavy atom. The second-order valence-corrected chi connectivity index (χ2v) is 7.22. The number of para-hydroxylation sites is 1. The van der Waals surface area contributed by atoms with Crippen molar-refractivity contribution < 1.29 is 14.3 Å². The molecule has 1 amide bonds. The Kier molecular flexibility index (Phi) is 5.98. The lowest BCUT2D eigenvalue weighted by atomic mass is 10.0. The molecule has 6 nitrogen and oxygen atoms in total. The van der Waals surface area contributed by atoms with Gasteiger partial charge in [-0.3, -0.25) is 9.36 Å². The number of esters is 1. The van der Waals surface area contributed by atoms with Gasteiger partial charge in [-0.2, -0.15) is 0 Å². The van der Waals surface area contributed by atoms with Crippen LogP contribution in [-0.2, 0) is 14.3 Å². The molecule has 0 aliphatic carbocycles. The summed E-state index contributed by atoms with van der Waals surface area (Å²) in [5.41, 5.74) is 2.19. The molecular weight excluding hydrogens is 350 g/mol. The van der Waals surface area contributed by atoms with Crippen LogP contribution in [0.2, 0.25) is 0 Å². The van der Waals surface area contributed by atoms with E-state index in [-0.39, 0.29) is 17.6 Å². The molecule has 1 saturated heterocycles. The number of nitrogens with zero attached hydrogens (tertiary/aromatic N) is 3. The number of aryl methyl sites for hydroxylation is 1. The van der Waals surface area contributed by atoms with Gasteiger partial charge in [0, 0.05) is 18.9 Å². The number of hydrogen-bond donors (Lipinski definition) is 0. The Balaban J connectivity index is 1.70. The molecule has 1 unspecified atom stereocenters. The zero-order chi connectivity index (χ0) is 18.5. The SMILES string of the molecule is COC(=O)C1CCCCN1C(=O)CSc1nccn1-c1ccccc1C. The minimum Gasteiger partial charge on any atom is -0.467 e. The van der Waals surface area contributed by atoms with E-state index in [1.54, 1.807) is 11.1 Å². The van der Waals surface area contributed by atoms with E-state index in [0.29, 0.717) is 13.0 Å². The lowest BCUT2D eigenvalue weighted by Crippen LogP contribution is -2.49. The molecule has 3 rings (SSSR count). The molecule has 0 saturated carbocycles. The molecule has 1 aliphatic heterocycles. The molecule has 0 N–H and O–H groups in total. The standard InChI is InChI=1S/C19H23N3O3S/c1-14-7-3-4-8-15(14)22-12-10-20-19(22)26-13-17(23)21-11-6-5-9-16(21)18(24)25-2/h3-4,7-8,10,12,16H,5-6,9,11,13H2,1-2H3. The van der Waals surface area contributed by atoms with Gasteiger partial charge in [0.15, 0.2) is 5.16 Å². The van der Waals surface area contributed by atoms with Gasteiger partial charge in [-0.1, -0.05) is 30.0 Å². The first-order valence-electron chi connectivity index (χ1n) is 8.71. The Morgan fingerprint density at radius 1 is 1.31 bits per heavy atom. The molecule has 1 atom stereocenters. The van der Waals surface area contributed by atoms with Crippen LogP contribution in [0.1, 0.15) is 24.8 Å². The Morgan fingerprint density at radius 3 is 2.88 bits per heavy atom. The highest BCUT2D eigenvalue weighted by atomic mass is 32.2. The van der Waals surface area contributed by atoms with Crippen LogP contribution in [0.5, 0.6) is 0 Å². The van der Waals surface area contributed by atoms with Gasteiger partial charge < -0.3 is 9.64 Å². The van der Waals surface area contributed by atoms with Crippen molar-refractivity contribution in [3.05, 3.63) is 42.2 Å². The first-order chi connectivity index (χ1) is 12.6. The van der Waals surface area contributed by atoms with Gasteiger partial charge in [-0.15, -0.1) is 0 Å². The summed E-state index contributed by atoms with van der Waals surface area (Å²) >= 11 is 1.39. The van der Waals surface area contributed by atoms with Crippen LogP contribution in [0, 0.1) is 6.92 Å². The van der Waals surface area contributed by atoms with Crippen molar-refractivity contribution in [2.45, 2.75) is 37.4 Å². The second-order valence-electron chi connectivity index (χ2n) is 6.28. The first-order valence-corrected chi connectivity index (χ1v) is 9.70. The van der Waals surface area contributed by atoms with E-state index < -0.39 is 6.04 Å². The highest BCUT2D eigenvalue weighted by Gasteiger charge is 2.32. The number of methoxy groups -OCH3 is 1. The average Bonchev–Trinajstić information content (AvgIpc) is 3.14. The van der Waals surface area contributed by atoms with Crippen molar-refractivity contribution in [2.24, 2.45) is 0 Å². The van der Waals surface area contributed by atoms with Crippen LogP contribution >= 0.6 is 11.8 Å². The van der Waals surface area contributed by atoms with Crippen LogP contribution in [-0.4, -0.2) is 51.8 Å². The zero-order valence-electron chi connectivity index (χ0n) is 15.1. The topological polar surface area (TPSA) is 64.4 Å². The van der Waals surface area contributed by atoms with Gasteiger partial charge in [0.25, 0.3) is 0 Å². The number of likely N-dealkylation sites (tertiary alicyclic amines) is 1. The summed E-state index contributed by atoms with van der Waals surface area (Å²) in [6.07, 6.45) is 6.15. The van der Waals surface area contributed by atoms with Crippen molar-refractivity contribution in [1.82, 2.24) is 14.5 Å². The maximum Gasteiger partial charge on any atom is 0.328 e. The smallest absolute Gasteiger partial charge is 0.328 e. The van der Waals surface area contributed by atoms with Crippen molar-refractivity contribution in [1.29, 1.82) is 0 Å². The largest absolute Gasteiger partial charge is 0.467 e. The summed E-state index contributed by atoms with van der Waals surface area (Å²) < 4.78 is 6.84.